The summed E-state index contributed by atoms with van der Waals surface area (Å²) in [5.74, 6) is 0. The first-order valence-corrected chi connectivity index (χ1v) is 4.39. The van der Waals surface area contributed by atoms with Gasteiger partial charge in [0, 0.05) is 28.6 Å². The van der Waals surface area contributed by atoms with Gasteiger partial charge in [0.25, 0.3) is 0 Å². The molecule has 3 heteroatoms. The molecule has 0 spiro atoms. The lowest BCUT2D eigenvalue weighted by Crippen LogP contribution is -1.84. The molecule has 0 N–H and O–H groups in total. The van der Waals surface area contributed by atoms with Crippen LogP contribution in [0.3, 0.4) is 0 Å². The van der Waals surface area contributed by atoms with Crippen LogP contribution >= 0.6 is 0 Å². The summed E-state index contributed by atoms with van der Waals surface area (Å²) in [7, 11) is 0. The maximum Gasteiger partial charge on any atom is 0.101 e. The van der Waals surface area contributed by atoms with E-state index in [0.717, 1.165) is 21.7 Å². The Labute approximate surface area is 80.4 Å². The van der Waals surface area contributed by atoms with Crippen molar-refractivity contribution in [2.75, 3.05) is 0 Å². The summed E-state index contributed by atoms with van der Waals surface area (Å²) in [6, 6.07) is 8.01. The highest BCUT2D eigenvalue weighted by molar-refractivity contribution is 6.04. The van der Waals surface area contributed by atoms with E-state index < -0.39 is 0 Å². The van der Waals surface area contributed by atoms with Crippen molar-refractivity contribution in [3.05, 3.63) is 42.9 Å². The van der Waals surface area contributed by atoms with E-state index in [2.05, 4.69) is 15.2 Å². The highest BCUT2D eigenvalue weighted by atomic mass is 15.1. The summed E-state index contributed by atoms with van der Waals surface area (Å²) in [5.41, 5.74) is 0.937. The molecule has 0 aliphatic carbocycles. The van der Waals surface area contributed by atoms with E-state index in [1.54, 1.807) is 12.4 Å². The molecular formula is C11H7N3. The first-order valence-electron chi connectivity index (χ1n) is 4.39. The van der Waals surface area contributed by atoms with Gasteiger partial charge in [0.15, 0.2) is 0 Å². The fourth-order valence-electron chi connectivity index (χ4n) is 1.62. The van der Waals surface area contributed by atoms with Crippen molar-refractivity contribution in [2.45, 2.75) is 0 Å². The average molecular weight is 181 g/mol. The molecule has 0 aliphatic heterocycles. The predicted molar refractivity (Wildman–Crippen MR) is 54.8 cm³/mol. The molecular weight excluding hydrogens is 174 g/mol. The van der Waals surface area contributed by atoms with E-state index in [0.29, 0.717) is 0 Å². The van der Waals surface area contributed by atoms with Gasteiger partial charge in [-0.25, -0.2) is 0 Å². The van der Waals surface area contributed by atoms with E-state index in [-0.39, 0.29) is 0 Å². The SMILES string of the molecule is c1cc2c(ccc3ccnnc32)cn1. The summed E-state index contributed by atoms with van der Waals surface area (Å²) < 4.78 is 0. The molecule has 0 unspecified atom stereocenters. The number of rotatable bonds is 0. The Morgan fingerprint density at radius 2 is 1.79 bits per heavy atom. The van der Waals surface area contributed by atoms with Gasteiger partial charge in [-0.2, -0.15) is 5.10 Å². The third kappa shape index (κ3) is 0.956. The zero-order valence-electron chi connectivity index (χ0n) is 7.38. The Balaban J connectivity index is 2.61. The standard InChI is InChI=1S/C11H7N3/c1-2-9-7-12-5-4-10(9)11-8(1)3-6-13-14-11/h1-7H. The summed E-state index contributed by atoms with van der Waals surface area (Å²) in [4.78, 5) is 4.07. The van der Waals surface area contributed by atoms with E-state index in [1.807, 2.05) is 30.5 Å². The molecule has 0 atom stereocenters. The van der Waals surface area contributed by atoms with Gasteiger partial charge in [-0.3, -0.25) is 4.98 Å². The van der Waals surface area contributed by atoms with Crippen LogP contribution in [0.1, 0.15) is 0 Å². The fourth-order valence-corrected chi connectivity index (χ4v) is 1.62. The van der Waals surface area contributed by atoms with Crippen LogP contribution < -0.4 is 0 Å². The van der Waals surface area contributed by atoms with Crippen LogP contribution in [-0.4, -0.2) is 15.2 Å². The molecule has 0 bridgehead atoms. The normalized spacial score (nSPS) is 10.9. The second-order valence-corrected chi connectivity index (χ2v) is 3.13. The third-order valence-corrected chi connectivity index (χ3v) is 2.30. The van der Waals surface area contributed by atoms with E-state index in [1.165, 1.54) is 0 Å². The first kappa shape index (κ1) is 7.38. The zero-order valence-corrected chi connectivity index (χ0v) is 7.38. The number of nitrogens with zero attached hydrogens (tertiary/aromatic N) is 3. The van der Waals surface area contributed by atoms with Gasteiger partial charge < -0.3 is 0 Å². The topological polar surface area (TPSA) is 38.7 Å². The predicted octanol–water partition coefficient (Wildman–Crippen LogP) is 2.18. The van der Waals surface area contributed by atoms with E-state index in [9.17, 15) is 0 Å². The molecule has 2 heterocycles. The van der Waals surface area contributed by atoms with Crippen LogP contribution in [0.5, 0.6) is 0 Å². The maximum atomic E-state index is 4.13. The van der Waals surface area contributed by atoms with Crippen LogP contribution in [0.2, 0.25) is 0 Å². The van der Waals surface area contributed by atoms with Crippen molar-refractivity contribution in [1.29, 1.82) is 0 Å². The van der Waals surface area contributed by atoms with Crippen LogP contribution in [0.4, 0.5) is 0 Å². The number of benzene rings is 1. The molecule has 0 fully saturated rings. The van der Waals surface area contributed by atoms with Crippen LogP contribution in [0, 0.1) is 0 Å². The summed E-state index contributed by atoms with van der Waals surface area (Å²) >= 11 is 0. The lowest BCUT2D eigenvalue weighted by Gasteiger charge is -1.99. The molecule has 66 valence electrons. The number of fused-ring (bicyclic) bond motifs is 3. The molecule has 3 nitrogen and oxygen atoms in total. The van der Waals surface area contributed by atoms with Crippen molar-refractivity contribution in [2.24, 2.45) is 0 Å². The minimum Gasteiger partial charge on any atom is -0.264 e. The molecule has 0 saturated heterocycles. The Kier molecular flexibility index (Phi) is 1.44. The number of aromatic nitrogens is 3. The molecule has 0 saturated carbocycles. The number of pyridine rings is 1. The Bertz CT molecular complexity index is 550. The quantitative estimate of drug-likeness (QED) is 0.499. The molecule has 1 aromatic carbocycles. The smallest absolute Gasteiger partial charge is 0.101 e. The van der Waals surface area contributed by atoms with Crippen molar-refractivity contribution in [3.63, 3.8) is 0 Å². The highest BCUT2D eigenvalue weighted by Crippen LogP contribution is 2.21. The van der Waals surface area contributed by atoms with E-state index in [4.69, 9.17) is 0 Å². The molecule has 3 rings (SSSR count). The average Bonchev–Trinajstić information content (AvgIpc) is 2.29. The van der Waals surface area contributed by atoms with Gasteiger partial charge in [0.05, 0.1) is 6.20 Å². The minimum atomic E-state index is 0.937. The van der Waals surface area contributed by atoms with Crippen LogP contribution in [0.25, 0.3) is 21.7 Å². The highest BCUT2D eigenvalue weighted by Gasteiger charge is 2.00. The Hall–Kier alpha value is -2.03. The number of hydrogen-bond donors (Lipinski definition) is 0. The van der Waals surface area contributed by atoms with Crippen LogP contribution in [0.15, 0.2) is 42.9 Å². The summed E-state index contributed by atoms with van der Waals surface area (Å²) in [5, 5.41) is 11.3. The molecule has 0 amide bonds. The minimum absolute atomic E-state index is 0.937. The lowest BCUT2D eigenvalue weighted by molar-refractivity contribution is 1.08. The third-order valence-electron chi connectivity index (χ3n) is 2.30. The summed E-state index contributed by atoms with van der Waals surface area (Å²) in [6.07, 6.45) is 5.31. The number of hydrogen-bond acceptors (Lipinski definition) is 3. The largest absolute Gasteiger partial charge is 0.264 e. The molecule has 0 aliphatic rings. The van der Waals surface area contributed by atoms with Gasteiger partial charge in [-0.05, 0) is 12.1 Å². The molecule has 3 aromatic rings. The first-order chi connectivity index (χ1) is 6.95. The second-order valence-electron chi connectivity index (χ2n) is 3.13. The second kappa shape index (κ2) is 2.73. The lowest BCUT2D eigenvalue weighted by atomic mass is 10.1. The molecule has 2 aromatic heterocycles. The molecule has 14 heavy (non-hydrogen) atoms. The maximum absolute atomic E-state index is 4.13. The van der Waals surface area contributed by atoms with Gasteiger partial charge in [0.1, 0.15) is 5.52 Å². The monoisotopic (exact) mass is 181 g/mol. The van der Waals surface area contributed by atoms with Crippen molar-refractivity contribution >= 4 is 21.7 Å². The van der Waals surface area contributed by atoms with Crippen molar-refractivity contribution in [3.8, 4) is 0 Å². The van der Waals surface area contributed by atoms with Crippen molar-refractivity contribution < 1.29 is 0 Å². The van der Waals surface area contributed by atoms with E-state index >= 15 is 0 Å². The van der Waals surface area contributed by atoms with Crippen LogP contribution in [-0.2, 0) is 0 Å². The van der Waals surface area contributed by atoms with Crippen molar-refractivity contribution in [1.82, 2.24) is 15.2 Å². The summed E-state index contributed by atoms with van der Waals surface area (Å²) in [6.45, 7) is 0. The van der Waals surface area contributed by atoms with Gasteiger partial charge in [-0.1, -0.05) is 12.1 Å². The fraction of sp³-hybridized carbons (Fsp3) is 0. The van der Waals surface area contributed by atoms with Gasteiger partial charge in [-0.15, -0.1) is 5.10 Å². The Morgan fingerprint density at radius 3 is 2.79 bits per heavy atom. The Morgan fingerprint density at radius 1 is 0.857 bits per heavy atom. The molecule has 0 radical (unpaired) electrons. The van der Waals surface area contributed by atoms with Gasteiger partial charge >= 0.3 is 0 Å². The zero-order chi connectivity index (χ0) is 9.38. The van der Waals surface area contributed by atoms with Gasteiger partial charge in [0.2, 0.25) is 0 Å².